The van der Waals surface area contributed by atoms with Crippen LogP contribution < -0.4 is 4.74 Å². The third-order valence-corrected chi connectivity index (χ3v) is 3.08. The molecule has 104 valence electrons. The Bertz CT molecular complexity index is 573. The van der Waals surface area contributed by atoms with Crippen molar-refractivity contribution in [2.24, 2.45) is 0 Å². The van der Waals surface area contributed by atoms with Crippen LogP contribution in [-0.2, 0) is 6.42 Å². The first-order valence-corrected chi connectivity index (χ1v) is 6.80. The second-order valence-electron chi connectivity index (χ2n) is 4.66. The number of carbonyl (C=O) groups excluding carboxylic acids is 1. The van der Waals surface area contributed by atoms with Crippen LogP contribution >= 0.6 is 0 Å². The zero-order valence-electron chi connectivity index (χ0n) is 11.5. The smallest absolute Gasteiger partial charge is 0.343 e. The number of phenolic OH excluding ortho intramolecular Hbond substituents is 1. The highest BCUT2D eigenvalue weighted by Crippen LogP contribution is 2.25. The topological polar surface area (TPSA) is 46.5 Å². The van der Waals surface area contributed by atoms with Gasteiger partial charge in [0.2, 0.25) is 0 Å². The number of rotatable bonds is 5. The molecule has 0 saturated carbocycles. The summed E-state index contributed by atoms with van der Waals surface area (Å²) in [5.74, 6) is -0.332. The van der Waals surface area contributed by atoms with E-state index in [1.807, 2.05) is 12.1 Å². The monoisotopic (exact) mass is 270 g/mol. The fourth-order valence-electron chi connectivity index (χ4n) is 1.89. The van der Waals surface area contributed by atoms with E-state index < -0.39 is 5.97 Å². The lowest BCUT2D eigenvalue weighted by molar-refractivity contribution is 0.0729. The molecular weight excluding hydrogens is 252 g/mol. The number of benzene rings is 2. The summed E-state index contributed by atoms with van der Waals surface area (Å²) >= 11 is 0. The van der Waals surface area contributed by atoms with E-state index >= 15 is 0 Å². The second kappa shape index (κ2) is 6.75. The minimum absolute atomic E-state index is 0.0413. The molecule has 0 aromatic heterocycles. The van der Waals surface area contributed by atoms with Gasteiger partial charge in [-0.05, 0) is 42.7 Å². The zero-order chi connectivity index (χ0) is 14.4. The molecule has 0 amide bonds. The Balaban J connectivity index is 2.04. The molecule has 0 aliphatic rings. The quantitative estimate of drug-likeness (QED) is 0.661. The van der Waals surface area contributed by atoms with Crippen LogP contribution in [0.15, 0.2) is 48.5 Å². The van der Waals surface area contributed by atoms with Crippen LogP contribution in [0.4, 0.5) is 0 Å². The lowest BCUT2D eigenvalue weighted by Gasteiger charge is -2.06. The number of unbranched alkanes of at least 4 members (excludes halogenated alkanes) is 1. The van der Waals surface area contributed by atoms with E-state index in [0.29, 0.717) is 5.56 Å². The van der Waals surface area contributed by atoms with Crippen molar-refractivity contribution in [3.8, 4) is 11.5 Å². The molecule has 20 heavy (non-hydrogen) atoms. The number of hydrogen-bond donors (Lipinski definition) is 1. The Labute approximate surface area is 118 Å². The van der Waals surface area contributed by atoms with Crippen LogP contribution in [-0.4, -0.2) is 11.1 Å². The SMILES string of the molecule is CCCCc1ccc(C(=O)Oc2ccccc2O)cc1. The zero-order valence-corrected chi connectivity index (χ0v) is 11.5. The van der Waals surface area contributed by atoms with Gasteiger partial charge >= 0.3 is 5.97 Å². The maximum Gasteiger partial charge on any atom is 0.343 e. The van der Waals surface area contributed by atoms with Crippen molar-refractivity contribution in [3.63, 3.8) is 0 Å². The van der Waals surface area contributed by atoms with Crippen LogP contribution in [0.3, 0.4) is 0 Å². The number of phenols is 1. The Morgan fingerprint density at radius 3 is 2.45 bits per heavy atom. The van der Waals surface area contributed by atoms with Crippen LogP contribution in [0.5, 0.6) is 11.5 Å². The largest absolute Gasteiger partial charge is 0.504 e. The number of hydrogen-bond acceptors (Lipinski definition) is 3. The summed E-state index contributed by atoms with van der Waals surface area (Å²) in [6, 6.07) is 13.8. The van der Waals surface area contributed by atoms with Gasteiger partial charge in [-0.3, -0.25) is 0 Å². The summed E-state index contributed by atoms with van der Waals surface area (Å²) < 4.78 is 5.16. The predicted octanol–water partition coefficient (Wildman–Crippen LogP) is 3.95. The Kier molecular flexibility index (Phi) is 4.77. The van der Waals surface area contributed by atoms with E-state index in [2.05, 4.69) is 6.92 Å². The van der Waals surface area contributed by atoms with Crippen molar-refractivity contribution in [1.29, 1.82) is 0 Å². The molecule has 0 aliphatic carbocycles. The van der Waals surface area contributed by atoms with E-state index in [0.717, 1.165) is 19.3 Å². The molecule has 0 aliphatic heterocycles. The number of aryl methyl sites for hydroxylation is 1. The summed E-state index contributed by atoms with van der Waals surface area (Å²) in [4.78, 5) is 12.0. The van der Waals surface area contributed by atoms with Gasteiger partial charge in [-0.25, -0.2) is 4.79 Å². The van der Waals surface area contributed by atoms with Crippen molar-refractivity contribution in [3.05, 3.63) is 59.7 Å². The van der Waals surface area contributed by atoms with Gasteiger partial charge < -0.3 is 9.84 Å². The molecule has 0 spiro atoms. The molecule has 2 aromatic rings. The van der Waals surface area contributed by atoms with Crippen LogP contribution in [0.1, 0.15) is 35.7 Å². The number of carbonyl (C=O) groups is 1. The van der Waals surface area contributed by atoms with Gasteiger partial charge in [0.25, 0.3) is 0 Å². The van der Waals surface area contributed by atoms with Gasteiger partial charge in [-0.15, -0.1) is 0 Å². The number of para-hydroxylation sites is 2. The van der Waals surface area contributed by atoms with Crippen molar-refractivity contribution >= 4 is 5.97 Å². The summed E-state index contributed by atoms with van der Waals surface area (Å²) in [5.41, 5.74) is 1.69. The molecule has 2 rings (SSSR count). The standard InChI is InChI=1S/C17H18O3/c1-2-3-6-13-9-11-14(12-10-13)17(19)20-16-8-5-4-7-15(16)18/h4-5,7-12,18H,2-3,6H2,1H3. The van der Waals surface area contributed by atoms with E-state index in [-0.39, 0.29) is 11.5 Å². The van der Waals surface area contributed by atoms with Crippen molar-refractivity contribution in [2.45, 2.75) is 26.2 Å². The lowest BCUT2D eigenvalue weighted by atomic mass is 10.1. The van der Waals surface area contributed by atoms with Gasteiger partial charge in [-0.1, -0.05) is 37.6 Å². The number of esters is 1. The average molecular weight is 270 g/mol. The second-order valence-corrected chi connectivity index (χ2v) is 4.66. The van der Waals surface area contributed by atoms with E-state index in [9.17, 15) is 9.90 Å². The van der Waals surface area contributed by atoms with Crippen LogP contribution in [0.25, 0.3) is 0 Å². The molecule has 0 bridgehead atoms. The van der Waals surface area contributed by atoms with E-state index in [4.69, 9.17) is 4.74 Å². The molecule has 3 nitrogen and oxygen atoms in total. The lowest BCUT2D eigenvalue weighted by Crippen LogP contribution is -2.08. The van der Waals surface area contributed by atoms with Crippen molar-refractivity contribution in [2.75, 3.05) is 0 Å². The number of aromatic hydroxyl groups is 1. The molecule has 0 radical (unpaired) electrons. The van der Waals surface area contributed by atoms with Crippen molar-refractivity contribution in [1.82, 2.24) is 0 Å². The van der Waals surface area contributed by atoms with Crippen molar-refractivity contribution < 1.29 is 14.6 Å². The summed E-state index contributed by atoms with van der Waals surface area (Å²) in [5, 5.41) is 9.57. The van der Waals surface area contributed by atoms with Gasteiger partial charge in [-0.2, -0.15) is 0 Å². The molecule has 1 N–H and O–H groups in total. The van der Waals surface area contributed by atoms with Gasteiger partial charge in [0, 0.05) is 0 Å². The van der Waals surface area contributed by atoms with Crippen LogP contribution in [0.2, 0.25) is 0 Å². The first-order chi connectivity index (χ1) is 9.70. The highest BCUT2D eigenvalue weighted by Gasteiger charge is 2.10. The summed E-state index contributed by atoms with van der Waals surface area (Å²) in [7, 11) is 0. The van der Waals surface area contributed by atoms with Gasteiger partial charge in [0.1, 0.15) is 0 Å². The molecular formula is C17H18O3. The fraction of sp³-hybridized carbons (Fsp3) is 0.235. The maximum absolute atomic E-state index is 12.0. The van der Waals surface area contributed by atoms with E-state index in [1.54, 1.807) is 30.3 Å². The first kappa shape index (κ1) is 14.1. The number of ether oxygens (including phenoxy) is 1. The summed E-state index contributed by atoms with van der Waals surface area (Å²) in [6.45, 7) is 2.15. The highest BCUT2D eigenvalue weighted by molar-refractivity contribution is 5.91. The highest BCUT2D eigenvalue weighted by atomic mass is 16.5. The molecule has 0 unspecified atom stereocenters. The molecule has 2 aromatic carbocycles. The van der Waals surface area contributed by atoms with Crippen LogP contribution in [0, 0.1) is 0 Å². The Morgan fingerprint density at radius 2 is 1.80 bits per heavy atom. The minimum Gasteiger partial charge on any atom is -0.504 e. The third-order valence-electron chi connectivity index (χ3n) is 3.08. The molecule has 0 heterocycles. The third kappa shape index (κ3) is 3.60. The van der Waals surface area contributed by atoms with Gasteiger partial charge in [0.15, 0.2) is 11.5 Å². The Morgan fingerprint density at radius 1 is 1.10 bits per heavy atom. The van der Waals surface area contributed by atoms with Gasteiger partial charge in [0.05, 0.1) is 5.56 Å². The maximum atomic E-state index is 12.0. The molecule has 0 saturated heterocycles. The first-order valence-electron chi connectivity index (χ1n) is 6.80. The Hall–Kier alpha value is -2.29. The normalized spacial score (nSPS) is 10.2. The molecule has 0 fully saturated rings. The summed E-state index contributed by atoms with van der Waals surface area (Å²) in [6.07, 6.45) is 3.31. The van der Waals surface area contributed by atoms with E-state index in [1.165, 1.54) is 11.6 Å². The molecule has 0 atom stereocenters. The minimum atomic E-state index is -0.464. The predicted molar refractivity (Wildman–Crippen MR) is 78.1 cm³/mol. The molecule has 3 heteroatoms. The fourth-order valence-corrected chi connectivity index (χ4v) is 1.89. The average Bonchev–Trinajstić information content (AvgIpc) is 2.48.